The number of nitrogens with zero attached hydrogens (tertiary/aromatic N) is 1. The van der Waals surface area contributed by atoms with Crippen molar-refractivity contribution >= 4 is 11.7 Å². The molecule has 1 heterocycles. The lowest BCUT2D eigenvalue weighted by molar-refractivity contribution is -0.613. The molecule has 1 aromatic carbocycles. The molecular formula is C14H15N3O2. The highest BCUT2D eigenvalue weighted by atomic mass is 16.5. The van der Waals surface area contributed by atoms with Gasteiger partial charge in [-0.3, -0.25) is 0 Å². The second kappa shape index (κ2) is 6.39. The zero-order valence-electron chi connectivity index (χ0n) is 10.4. The van der Waals surface area contributed by atoms with Crippen LogP contribution in [-0.4, -0.2) is 12.6 Å². The summed E-state index contributed by atoms with van der Waals surface area (Å²) in [6.07, 6.45) is 1.94. The van der Waals surface area contributed by atoms with Crippen molar-refractivity contribution in [3.05, 3.63) is 65.6 Å². The van der Waals surface area contributed by atoms with Crippen LogP contribution < -0.4 is 15.4 Å². The van der Waals surface area contributed by atoms with Crippen molar-refractivity contribution < 1.29 is 9.52 Å². The van der Waals surface area contributed by atoms with Crippen molar-refractivity contribution in [3.63, 3.8) is 0 Å². The van der Waals surface area contributed by atoms with Crippen molar-refractivity contribution in [1.29, 1.82) is 0 Å². The zero-order valence-corrected chi connectivity index (χ0v) is 10.4. The third-order valence-corrected chi connectivity index (χ3v) is 2.60. The summed E-state index contributed by atoms with van der Waals surface area (Å²) in [7, 11) is 0. The molecule has 1 aromatic heterocycles. The van der Waals surface area contributed by atoms with Gasteiger partial charge in [-0.05, 0) is 12.1 Å². The number of carbonyl (C=O) groups excluding carboxylic acids is 1. The number of pyridine rings is 1. The van der Waals surface area contributed by atoms with Crippen LogP contribution in [0.1, 0.15) is 5.69 Å². The number of nitrogens with one attached hydrogen (secondary N) is 2. The van der Waals surface area contributed by atoms with Crippen molar-refractivity contribution in [3.8, 4) is 0 Å². The van der Waals surface area contributed by atoms with E-state index in [-0.39, 0.29) is 6.03 Å². The fraction of sp³-hybridized carbons (Fsp3) is 0.143. The Balaban J connectivity index is 1.77. The number of benzene rings is 1. The number of amides is 2. The molecule has 0 spiro atoms. The molecule has 5 nitrogen and oxygen atoms in total. The van der Waals surface area contributed by atoms with Crippen LogP contribution in [0.25, 0.3) is 0 Å². The number of para-hydroxylation sites is 1. The second-order valence-electron chi connectivity index (χ2n) is 4.01. The number of carbonyl (C=O) groups is 1. The molecule has 0 fully saturated rings. The normalized spacial score (nSPS) is 9.89. The van der Waals surface area contributed by atoms with Crippen molar-refractivity contribution in [2.75, 3.05) is 11.9 Å². The van der Waals surface area contributed by atoms with Gasteiger partial charge in [-0.2, -0.15) is 4.73 Å². The van der Waals surface area contributed by atoms with Gasteiger partial charge in [0.05, 0.1) is 6.42 Å². The lowest BCUT2D eigenvalue weighted by Gasteiger charge is -2.07. The van der Waals surface area contributed by atoms with E-state index in [1.165, 1.54) is 6.20 Å². The number of urea groups is 1. The first-order chi connectivity index (χ1) is 9.25. The standard InChI is InChI=1S/C14H15N3O2/c18-14(16-12-6-2-1-3-7-12)15-10-9-13-8-4-5-11-17(13)19/h1-8,11H,9-10H2,(H2,15,16,18). The molecule has 0 atom stereocenters. The summed E-state index contributed by atoms with van der Waals surface area (Å²) in [4.78, 5) is 11.6. The summed E-state index contributed by atoms with van der Waals surface area (Å²) in [6.45, 7) is 0.408. The number of aromatic nitrogens is 1. The van der Waals surface area contributed by atoms with Gasteiger partial charge in [0.1, 0.15) is 0 Å². The third kappa shape index (κ3) is 3.99. The molecule has 0 aliphatic rings. The van der Waals surface area contributed by atoms with Crippen LogP contribution >= 0.6 is 0 Å². The molecule has 19 heavy (non-hydrogen) atoms. The highest BCUT2D eigenvalue weighted by Crippen LogP contribution is 2.04. The molecule has 0 saturated heterocycles. The molecular weight excluding hydrogens is 242 g/mol. The maximum absolute atomic E-state index is 11.6. The maximum Gasteiger partial charge on any atom is 0.319 e. The van der Waals surface area contributed by atoms with Crippen LogP contribution in [0.2, 0.25) is 0 Å². The van der Waals surface area contributed by atoms with Crippen LogP contribution in [0, 0.1) is 5.21 Å². The Hall–Kier alpha value is -2.56. The summed E-state index contributed by atoms with van der Waals surface area (Å²) < 4.78 is 0.802. The molecule has 2 aromatic rings. The SMILES string of the molecule is O=C(NCCc1cccc[n+]1[O-])Nc1ccccc1. The monoisotopic (exact) mass is 257 g/mol. The van der Waals surface area contributed by atoms with E-state index in [2.05, 4.69) is 10.6 Å². The molecule has 0 aliphatic carbocycles. The van der Waals surface area contributed by atoms with E-state index in [0.29, 0.717) is 18.7 Å². The number of hydrogen-bond donors (Lipinski definition) is 2. The molecule has 2 amide bonds. The van der Waals surface area contributed by atoms with Gasteiger partial charge in [0.2, 0.25) is 0 Å². The predicted octanol–water partition coefficient (Wildman–Crippen LogP) is 1.68. The number of anilines is 1. The zero-order chi connectivity index (χ0) is 13.5. The van der Waals surface area contributed by atoms with Crippen molar-refractivity contribution in [2.45, 2.75) is 6.42 Å². The molecule has 0 aliphatic heterocycles. The van der Waals surface area contributed by atoms with E-state index in [9.17, 15) is 10.0 Å². The number of hydrogen-bond acceptors (Lipinski definition) is 2. The smallest absolute Gasteiger partial charge is 0.319 e. The average Bonchev–Trinajstić information content (AvgIpc) is 2.42. The van der Waals surface area contributed by atoms with E-state index in [4.69, 9.17) is 0 Å². The first-order valence-corrected chi connectivity index (χ1v) is 6.02. The third-order valence-electron chi connectivity index (χ3n) is 2.60. The Kier molecular flexibility index (Phi) is 4.34. The van der Waals surface area contributed by atoms with E-state index in [1.54, 1.807) is 18.2 Å². The molecule has 5 heteroatoms. The minimum atomic E-state index is -0.278. The molecule has 0 saturated carbocycles. The minimum absolute atomic E-state index is 0.278. The van der Waals surface area contributed by atoms with E-state index < -0.39 is 0 Å². The summed E-state index contributed by atoms with van der Waals surface area (Å²) in [5, 5.41) is 16.8. The Morgan fingerprint density at radius 3 is 2.58 bits per heavy atom. The Bertz CT molecular complexity index is 543. The van der Waals surface area contributed by atoms with Gasteiger partial charge < -0.3 is 15.8 Å². The first-order valence-electron chi connectivity index (χ1n) is 6.02. The fourth-order valence-corrected chi connectivity index (χ4v) is 1.66. The Morgan fingerprint density at radius 2 is 1.84 bits per heavy atom. The van der Waals surface area contributed by atoms with Crippen molar-refractivity contribution in [1.82, 2.24) is 5.32 Å². The van der Waals surface area contributed by atoms with Gasteiger partial charge >= 0.3 is 6.03 Å². The van der Waals surface area contributed by atoms with Crippen LogP contribution in [-0.2, 0) is 6.42 Å². The molecule has 0 unspecified atom stereocenters. The first kappa shape index (κ1) is 12.9. The Labute approximate surface area is 111 Å². The van der Waals surface area contributed by atoms with Gasteiger partial charge in [-0.1, -0.05) is 24.3 Å². The van der Waals surface area contributed by atoms with Gasteiger partial charge in [0.25, 0.3) is 0 Å². The second-order valence-corrected chi connectivity index (χ2v) is 4.01. The van der Waals surface area contributed by atoms with E-state index >= 15 is 0 Å². The minimum Gasteiger partial charge on any atom is -0.619 e. The van der Waals surface area contributed by atoms with E-state index in [0.717, 1.165) is 10.4 Å². The highest BCUT2D eigenvalue weighted by molar-refractivity contribution is 5.89. The fourth-order valence-electron chi connectivity index (χ4n) is 1.66. The van der Waals surface area contributed by atoms with Crippen LogP contribution in [0.4, 0.5) is 10.5 Å². The van der Waals surface area contributed by atoms with Gasteiger partial charge in [-0.15, -0.1) is 0 Å². The summed E-state index contributed by atoms with van der Waals surface area (Å²) in [6, 6.07) is 14.1. The molecule has 2 N–H and O–H groups in total. The summed E-state index contributed by atoms with van der Waals surface area (Å²) in [5.41, 5.74) is 1.36. The van der Waals surface area contributed by atoms with Crippen LogP contribution in [0.3, 0.4) is 0 Å². The molecule has 0 radical (unpaired) electrons. The van der Waals surface area contributed by atoms with Gasteiger partial charge in [-0.25, -0.2) is 4.79 Å². The summed E-state index contributed by atoms with van der Waals surface area (Å²) in [5.74, 6) is 0. The average molecular weight is 257 g/mol. The number of rotatable bonds is 4. The topological polar surface area (TPSA) is 68.1 Å². The lowest BCUT2D eigenvalue weighted by atomic mass is 10.3. The van der Waals surface area contributed by atoms with E-state index in [1.807, 2.05) is 30.3 Å². The Morgan fingerprint density at radius 1 is 1.11 bits per heavy atom. The largest absolute Gasteiger partial charge is 0.619 e. The van der Waals surface area contributed by atoms with Crippen LogP contribution in [0.5, 0.6) is 0 Å². The van der Waals surface area contributed by atoms with Gasteiger partial charge in [0, 0.05) is 24.4 Å². The summed E-state index contributed by atoms with van der Waals surface area (Å²) >= 11 is 0. The van der Waals surface area contributed by atoms with Crippen molar-refractivity contribution in [2.24, 2.45) is 0 Å². The lowest BCUT2D eigenvalue weighted by Crippen LogP contribution is -2.35. The van der Waals surface area contributed by atoms with Crippen LogP contribution in [0.15, 0.2) is 54.7 Å². The molecule has 0 bridgehead atoms. The quantitative estimate of drug-likeness (QED) is 0.646. The molecule has 98 valence electrons. The predicted molar refractivity (Wildman–Crippen MR) is 72.6 cm³/mol. The van der Waals surface area contributed by atoms with Gasteiger partial charge in [0.15, 0.2) is 11.9 Å². The highest BCUT2D eigenvalue weighted by Gasteiger charge is 2.05. The molecule has 2 rings (SSSR count). The maximum atomic E-state index is 11.6.